The Morgan fingerprint density at radius 3 is 2.79 bits per heavy atom. The van der Waals surface area contributed by atoms with Crippen molar-refractivity contribution in [2.24, 2.45) is 5.41 Å². The van der Waals surface area contributed by atoms with Crippen molar-refractivity contribution in [3.05, 3.63) is 27.1 Å². The van der Waals surface area contributed by atoms with Gasteiger partial charge in [-0.1, -0.05) is 11.6 Å². The first-order chi connectivity index (χ1) is 13.4. The van der Waals surface area contributed by atoms with Crippen molar-refractivity contribution in [2.45, 2.75) is 30.8 Å². The second kappa shape index (κ2) is 7.84. The molecule has 0 amide bonds. The summed E-state index contributed by atoms with van der Waals surface area (Å²) in [6, 6.07) is 1.70. The van der Waals surface area contributed by atoms with E-state index in [0.29, 0.717) is 38.5 Å². The molecule has 1 atom stereocenters. The van der Waals surface area contributed by atoms with Gasteiger partial charge in [0.15, 0.2) is 0 Å². The Morgan fingerprint density at radius 2 is 2.14 bits per heavy atom. The molecule has 1 aromatic heterocycles. The van der Waals surface area contributed by atoms with E-state index in [9.17, 15) is 15.0 Å². The van der Waals surface area contributed by atoms with Gasteiger partial charge in [-0.3, -0.25) is 0 Å². The Bertz CT molecular complexity index is 937. The fourth-order valence-corrected chi connectivity index (χ4v) is 5.28. The highest BCUT2D eigenvalue weighted by molar-refractivity contribution is 7.99. The lowest BCUT2D eigenvalue weighted by atomic mass is 9.77. The Labute approximate surface area is 172 Å². The summed E-state index contributed by atoms with van der Waals surface area (Å²) in [7, 11) is 0. The molecule has 2 aliphatic rings. The summed E-state index contributed by atoms with van der Waals surface area (Å²) in [4.78, 5) is 20.8. The Kier molecular flexibility index (Phi) is 5.59. The molecule has 0 radical (unpaired) electrons. The van der Waals surface area contributed by atoms with Crippen molar-refractivity contribution >= 4 is 34.3 Å². The maximum atomic E-state index is 11.7. The van der Waals surface area contributed by atoms with Crippen LogP contribution in [0.25, 0.3) is 10.9 Å². The van der Waals surface area contributed by atoms with Crippen LogP contribution in [0.2, 0.25) is 5.02 Å². The lowest BCUT2D eigenvalue weighted by molar-refractivity contribution is -0.140. The number of thioether (sulfide) groups is 1. The SMILES string of the molecule is Cc1cc2c(O)nc(=O)[nH]c2c(SC[C@H](O)CN2CCC3(CC2)COC3)c1Cl. The molecule has 4 rings (SSSR count). The number of nitrogens with one attached hydrogen (secondary N) is 1. The van der Waals surface area contributed by atoms with E-state index in [1.807, 2.05) is 6.92 Å². The molecule has 28 heavy (non-hydrogen) atoms. The van der Waals surface area contributed by atoms with Gasteiger partial charge in [-0.15, -0.1) is 11.8 Å². The highest BCUT2D eigenvalue weighted by Crippen LogP contribution is 2.39. The van der Waals surface area contributed by atoms with Crippen LogP contribution >= 0.6 is 23.4 Å². The van der Waals surface area contributed by atoms with Gasteiger partial charge in [0.05, 0.1) is 40.1 Å². The number of aliphatic hydroxyl groups is 1. The van der Waals surface area contributed by atoms with Crippen LogP contribution in [0.15, 0.2) is 15.8 Å². The number of aromatic amines is 1. The van der Waals surface area contributed by atoms with Crippen molar-refractivity contribution < 1.29 is 14.9 Å². The van der Waals surface area contributed by atoms with E-state index in [2.05, 4.69) is 14.9 Å². The van der Waals surface area contributed by atoms with Gasteiger partial charge in [0.25, 0.3) is 0 Å². The molecule has 2 aliphatic heterocycles. The third-order valence-corrected chi connectivity index (χ3v) is 7.55. The molecule has 3 N–H and O–H groups in total. The summed E-state index contributed by atoms with van der Waals surface area (Å²) in [6.45, 7) is 6.14. The fourth-order valence-electron chi connectivity index (χ4n) is 3.91. The third-order valence-electron chi connectivity index (χ3n) is 5.71. The highest BCUT2D eigenvalue weighted by Gasteiger charge is 2.41. The number of aromatic nitrogens is 2. The number of fused-ring (bicyclic) bond motifs is 1. The monoisotopic (exact) mass is 425 g/mol. The van der Waals surface area contributed by atoms with Crippen LogP contribution in [0, 0.1) is 12.3 Å². The van der Waals surface area contributed by atoms with E-state index in [1.54, 1.807) is 6.07 Å². The minimum absolute atomic E-state index is 0.317. The van der Waals surface area contributed by atoms with E-state index in [0.717, 1.165) is 44.7 Å². The number of halogens is 1. The molecule has 7 nitrogen and oxygen atoms in total. The molecule has 0 unspecified atom stereocenters. The molecule has 0 aliphatic carbocycles. The van der Waals surface area contributed by atoms with Crippen molar-refractivity contribution in [3.8, 4) is 5.88 Å². The number of benzene rings is 1. The number of β-amino-alcohol motifs (C(OH)–C–C–N with tert-alkyl or cyclic N) is 1. The number of piperidine rings is 1. The average molecular weight is 426 g/mol. The van der Waals surface area contributed by atoms with Crippen molar-refractivity contribution in [3.63, 3.8) is 0 Å². The summed E-state index contributed by atoms with van der Waals surface area (Å²) in [5.74, 6) is 0.122. The number of aliphatic hydroxyl groups excluding tert-OH is 1. The van der Waals surface area contributed by atoms with Gasteiger partial charge in [-0.05, 0) is 44.5 Å². The number of aryl methyl sites for hydroxylation is 1. The summed E-state index contributed by atoms with van der Waals surface area (Å²) >= 11 is 7.84. The molecule has 2 aromatic rings. The second-order valence-electron chi connectivity index (χ2n) is 7.88. The van der Waals surface area contributed by atoms with Gasteiger partial charge in [0.2, 0.25) is 5.88 Å². The molecule has 2 saturated heterocycles. The largest absolute Gasteiger partial charge is 0.493 e. The molecule has 1 spiro atoms. The minimum Gasteiger partial charge on any atom is -0.493 e. The number of hydrogen-bond acceptors (Lipinski definition) is 7. The minimum atomic E-state index is -0.630. The van der Waals surface area contributed by atoms with E-state index >= 15 is 0 Å². The summed E-state index contributed by atoms with van der Waals surface area (Å²) in [5.41, 5.74) is 0.982. The molecule has 0 saturated carbocycles. The number of likely N-dealkylation sites (tertiary alicyclic amines) is 1. The first-order valence-electron chi connectivity index (χ1n) is 9.40. The van der Waals surface area contributed by atoms with Crippen molar-refractivity contribution in [2.75, 3.05) is 38.6 Å². The van der Waals surface area contributed by atoms with E-state index < -0.39 is 11.8 Å². The van der Waals surface area contributed by atoms with Crippen molar-refractivity contribution in [1.29, 1.82) is 0 Å². The summed E-state index contributed by atoms with van der Waals surface area (Å²) in [6.07, 6.45) is 1.72. The zero-order valence-electron chi connectivity index (χ0n) is 15.7. The second-order valence-corrected chi connectivity index (χ2v) is 9.29. The molecule has 3 heterocycles. The summed E-state index contributed by atoms with van der Waals surface area (Å²) in [5, 5.41) is 21.5. The number of hydrogen-bond donors (Lipinski definition) is 3. The maximum Gasteiger partial charge on any atom is 0.348 e. The number of aromatic hydroxyl groups is 1. The Balaban J connectivity index is 1.43. The van der Waals surface area contributed by atoms with Crippen LogP contribution in [0.3, 0.4) is 0 Å². The van der Waals surface area contributed by atoms with Gasteiger partial charge in [0, 0.05) is 17.7 Å². The molecule has 0 bridgehead atoms. The van der Waals surface area contributed by atoms with Gasteiger partial charge in [-0.2, -0.15) is 4.98 Å². The lowest BCUT2D eigenvalue weighted by Crippen LogP contribution is -2.52. The van der Waals surface area contributed by atoms with Gasteiger partial charge in [0.1, 0.15) is 0 Å². The van der Waals surface area contributed by atoms with Crippen molar-refractivity contribution in [1.82, 2.24) is 14.9 Å². The molecule has 9 heteroatoms. The quantitative estimate of drug-likeness (QED) is 0.631. The van der Waals surface area contributed by atoms with Crippen LogP contribution < -0.4 is 5.69 Å². The Hall–Kier alpha value is -1.32. The van der Waals surface area contributed by atoms with Crippen LogP contribution in [-0.2, 0) is 4.74 Å². The van der Waals surface area contributed by atoms with Crippen LogP contribution in [0.4, 0.5) is 0 Å². The van der Waals surface area contributed by atoms with E-state index in [1.165, 1.54) is 11.8 Å². The third kappa shape index (κ3) is 3.89. The van der Waals surface area contributed by atoms with E-state index in [-0.39, 0.29) is 5.88 Å². The average Bonchev–Trinajstić information content (AvgIpc) is 2.62. The van der Waals surface area contributed by atoms with Gasteiger partial charge in [-0.25, -0.2) is 4.79 Å². The highest BCUT2D eigenvalue weighted by atomic mass is 35.5. The molecule has 1 aromatic carbocycles. The predicted molar refractivity (Wildman–Crippen MR) is 109 cm³/mol. The zero-order chi connectivity index (χ0) is 19.9. The van der Waals surface area contributed by atoms with E-state index in [4.69, 9.17) is 16.3 Å². The summed E-state index contributed by atoms with van der Waals surface area (Å²) < 4.78 is 5.36. The predicted octanol–water partition coefficient (Wildman–Crippen LogP) is 2.16. The maximum absolute atomic E-state index is 11.7. The molecule has 2 fully saturated rings. The molecule has 152 valence electrons. The molecular formula is C19H24ClN3O4S. The number of ether oxygens (including phenoxy) is 1. The number of rotatable bonds is 5. The zero-order valence-corrected chi connectivity index (χ0v) is 17.3. The normalized spacial score (nSPS) is 20.4. The lowest BCUT2D eigenvalue weighted by Gasteiger charge is -2.47. The number of nitrogens with zero attached hydrogens (tertiary/aromatic N) is 2. The van der Waals surface area contributed by atoms with Crippen LogP contribution in [0.5, 0.6) is 5.88 Å². The first-order valence-corrected chi connectivity index (χ1v) is 10.8. The van der Waals surface area contributed by atoms with Crippen LogP contribution in [0.1, 0.15) is 18.4 Å². The van der Waals surface area contributed by atoms with Gasteiger partial charge >= 0.3 is 5.69 Å². The Morgan fingerprint density at radius 1 is 1.43 bits per heavy atom. The fraction of sp³-hybridized carbons (Fsp3) is 0.579. The standard InChI is InChI=1S/C19H24ClN3O4S/c1-11-6-13-15(21-18(26)22-17(13)25)16(14(11)20)28-8-12(24)7-23-4-2-19(3-5-23)9-27-10-19/h6,12,24H,2-5,7-10H2,1H3,(H2,21,22,25,26)/t12-/m1/s1. The van der Waals surface area contributed by atoms with Crippen LogP contribution in [-0.4, -0.2) is 69.8 Å². The number of H-pyrrole nitrogens is 1. The topological polar surface area (TPSA) is 98.7 Å². The van der Waals surface area contributed by atoms with Gasteiger partial charge < -0.3 is 24.8 Å². The first kappa shape index (κ1) is 20.0. The molecular weight excluding hydrogens is 402 g/mol. The smallest absolute Gasteiger partial charge is 0.348 e.